The molecule has 23 heavy (non-hydrogen) atoms. The maximum atomic E-state index is 12.4. The average Bonchev–Trinajstić information content (AvgIpc) is 3.18. The summed E-state index contributed by atoms with van der Waals surface area (Å²) >= 11 is 0. The van der Waals surface area contributed by atoms with Gasteiger partial charge in [-0.15, -0.1) is 0 Å². The number of aryl methyl sites for hydroxylation is 1. The van der Waals surface area contributed by atoms with Crippen molar-refractivity contribution in [2.45, 2.75) is 26.7 Å². The van der Waals surface area contributed by atoms with Gasteiger partial charge in [-0.2, -0.15) is 0 Å². The number of hydrogen-bond donors (Lipinski definition) is 1. The minimum absolute atomic E-state index is 0.103. The van der Waals surface area contributed by atoms with Crippen LogP contribution in [0.25, 0.3) is 11.0 Å². The van der Waals surface area contributed by atoms with Crippen molar-refractivity contribution >= 4 is 22.8 Å². The fraction of sp³-hybridized carbons (Fsp3) is 0.444. The van der Waals surface area contributed by atoms with Crippen molar-refractivity contribution in [1.29, 1.82) is 0 Å². The SMILES string of the molecule is CCc1ccc2occ(C(=O)NC[C@@H]3CCN(C(C)=O)C3)c2c1. The first-order valence-electron chi connectivity index (χ1n) is 8.12. The van der Waals surface area contributed by atoms with E-state index in [9.17, 15) is 9.59 Å². The number of carbonyl (C=O) groups is 2. The molecule has 5 nitrogen and oxygen atoms in total. The largest absolute Gasteiger partial charge is 0.463 e. The molecule has 0 bridgehead atoms. The topological polar surface area (TPSA) is 62.6 Å². The predicted molar refractivity (Wildman–Crippen MR) is 88.3 cm³/mol. The van der Waals surface area contributed by atoms with Crippen LogP contribution in [0.3, 0.4) is 0 Å². The summed E-state index contributed by atoms with van der Waals surface area (Å²) in [7, 11) is 0. The quantitative estimate of drug-likeness (QED) is 0.943. The van der Waals surface area contributed by atoms with Crippen LogP contribution in [-0.4, -0.2) is 36.3 Å². The Balaban J connectivity index is 1.66. The fourth-order valence-corrected chi connectivity index (χ4v) is 3.09. The monoisotopic (exact) mass is 314 g/mol. The Labute approximate surface area is 135 Å². The third-order valence-corrected chi connectivity index (χ3v) is 4.57. The Bertz CT molecular complexity index is 735. The number of nitrogens with zero attached hydrogens (tertiary/aromatic N) is 1. The lowest BCUT2D eigenvalue weighted by molar-refractivity contribution is -0.127. The summed E-state index contributed by atoms with van der Waals surface area (Å²) in [6, 6.07) is 5.94. The molecule has 0 radical (unpaired) electrons. The Morgan fingerprint density at radius 3 is 2.91 bits per heavy atom. The molecule has 5 heteroatoms. The first-order chi connectivity index (χ1) is 11.1. The minimum Gasteiger partial charge on any atom is -0.463 e. The molecule has 0 spiro atoms. The molecular formula is C18H22N2O3. The van der Waals surface area contributed by atoms with Gasteiger partial charge in [-0.3, -0.25) is 9.59 Å². The van der Waals surface area contributed by atoms with E-state index < -0.39 is 0 Å². The summed E-state index contributed by atoms with van der Waals surface area (Å²) in [4.78, 5) is 25.6. The number of hydrogen-bond acceptors (Lipinski definition) is 3. The van der Waals surface area contributed by atoms with Gasteiger partial charge in [-0.25, -0.2) is 0 Å². The molecule has 1 atom stereocenters. The molecule has 2 amide bonds. The molecule has 0 aliphatic carbocycles. The van der Waals surface area contributed by atoms with Crippen LogP contribution in [0.15, 0.2) is 28.9 Å². The van der Waals surface area contributed by atoms with E-state index >= 15 is 0 Å². The number of rotatable bonds is 4. The highest BCUT2D eigenvalue weighted by atomic mass is 16.3. The number of furan rings is 1. The van der Waals surface area contributed by atoms with E-state index in [-0.39, 0.29) is 11.8 Å². The molecular weight excluding hydrogens is 292 g/mol. The summed E-state index contributed by atoms with van der Waals surface area (Å²) in [6.45, 7) is 5.76. The highest BCUT2D eigenvalue weighted by Gasteiger charge is 2.25. The highest BCUT2D eigenvalue weighted by molar-refractivity contribution is 6.06. The second-order valence-corrected chi connectivity index (χ2v) is 6.16. The Morgan fingerprint density at radius 2 is 2.22 bits per heavy atom. The molecule has 1 aromatic heterocycles. The lowest BCUT2D eigenvalue weighted by Gasteiger charge is -2.14. The smallest absolute Gasteiger partial charge is 0.255 e. The Morgan fingerprint density at radius 1 is 1.39 bits per heavy atom. The Kier molecular flexibility index (Phi) is 4.37. The van der Waals surface area contributed by atoms with Gasteiger partial charge in [0, 0.05) is 31.9 Å². The summed E-state index contributed by atoms with van der Waals surface area (Å²) in [5.41, 5.74) is 2.49. The molecule has 3 rings (SSSR count). The first kappa shape index (κ1) is 15.6. The van der Waals surface area contributed by atoms with E-state index in [4.69, 9.17) is 4.42 Å². The number of nitrogens with one attached hydrogen (secondary N) is 1. The maximum Gasteiger partial charge on any atom is 0.255 e. The van der Waals surface area contributed by atoms with E-state index in [1.807, 2.05) is 23.1 Å². The molecule has 2 aromatic rings. The van der Waals surface area contributed by atoms with Crippen LogP contribution in [0, 0.1) is 5.92 Å². The first-order valence-corrected chi connectivity index (χ1v) is 8.12. The predicted octanol–water partition coefficient (Wildman–Crippen LogP) is 2.59. The van der Waals surface area contributed by atoms with Crippen molar-refractivity contribution in [2.75, 3.05) is 19.6 Å². The van der Waals surface area contributed by atoms with Crippen molar-refractivity contribution in [1.82, 2.24) is 10.2 Å². The molecule has 1 N–H and O–H groups in total. The second kappa shape index (κ2) is 6.44. The zero-order chi connectivity index (χ0) is 16.4. The van der Waals surface area contributed by atoms with E-state index in [0.29, 0.717) is 18.0 Å². The summed E-state index contributed by atoms with van der Waals surface area (Å²) in [5.74, 6) is 0.317. The van der Waals surface area contributed by atoms with Crippen LogP contribution in [0.4, 0.5) is 0 Å². The molecule has 0 saturated carbocycles. The van der Waals surface area contributed by atoms with Crippen molar-refractivity contribution in [3.05, 3.63) is 35.6 Å². The number of fused-ring (bicyclic) bond motifs is 1. The van der Waals surface area contributed by atoms with Gasteiger partial charge in [0.25, 0.3) is 5.91 Å². The van der Waals surface area contributed by atoms with Crippen molar-refractivity contribution in [2.24, 2.45) is 5.92 Å². The summed E-state index contributed by atoms with van der Waals surface area (Å²) in [6.07, 6.45) is 3.38. The molecule has 2 heterocycles. The molecule has 1 saturated heterocycles. The van der Waals surface area contributed by atoms with Gasteiger partial charge in [0.05, 0.1) is 5.56 Å². The van der Waals surface area contributed by atoms with Crippen molar-refractivity contribution in [3.8, 4) is 0 Å². The van der Waals surface area contributed by atoms with Gasteiger partial charge in [-0.1, -0.05) is 13.0 Å². The van der Waals surface area contributed by atoms with Gasteiger partial charge in [0.1, 0.15) is 11.8 Å². The van der Waals surface area contributed by atoms with Crippen LogP contribution < -0.4 is 5.32 Å². The fourth-order valence-electron chi connectivity index (χ4n) is 3.09. The van der Waals surface area contributed by atoms with Crippen LogP contribution in [-0.2, 0) is 11.2 Å². The van der Waals surface area contributed by atoms with Crippen LogP contribution >= 0.6 is 0 Å². The third kappa shape index (κ3) is 3.23. The summed E-state index contributed by atoms with van der Waals surface area (Å²) < 4.78 is 5.48. The normalized spacial score (nSPS) is 17.7. The van der Waals surface area contributed by atoms with Crippen molar-refractivity contribution < 1.29 is 14.0 Å². The van der Waals surface area contributed by atoms with Gasteiger partial charge >= 0.3 is 0 Å². The number of carbonyl (C=O) groups excluding carboxylic acids is 2. The average molecular weight is 314 g/mol. The highest BCUT2D eigenvalue weighted by Crippen LogP contribution is 2.23. The van der Waals surface area contributed by atoms with E-state index in [1.54, 1.807) is 6.92 Å². The zero-order valence-corrected chi connectivity index (χ0v) is 13.6. The standard InChI is InChI=1S/C18H22N2O3/c1-3-13-4-5-17-15(8-13)16(11-23-17)18(22)19-9-14-6-7-20(10-14)12(2)21/h4-5,8,11,14H,3,6-7,9-10H2,1-2H3,(H,19,22)/t14-/m0/s1. The van der Waals surface area contributed by atoms with Crippen LogP contribution in [0.2, 0.25) is 0 Å². The molecule has 1 fully saturated rings. The Hall–Kier alpha value is -2.30. The van der Waals surface area contributed by atoms with E-state index in [0.717, 1.165) is 36.9 Å². The number of amides is 2. The molecule has 1 aliphatic heterocycles. The molecule has 1 aliphatic rings. The number of likely N-dealkylation sites (tertiary alicyclic amines) is 1. The lowest BCUT2D eigenvalue weighted by atomic mass is 10.1. The van der Waals surface area contributed by atoms with Crippen LogP contribution in [0.1, 0.15) is 36.2 Å². The van der Waals surface area contributed by atoms with Crippen LogP contribution in [0.5, 0.6) is 0 Å². The van der Waals surface area contributed by atoms with Crippen molar-refractivity contribution in [3.63, 3.8) is 0 Å². The minimum atomic E-state index is -0.113. The van der Waals surface area contributed by atoms with Gasteiger partial charge in [0.2, 0.25) is 5.91 Å². The number of benzene rings is 1. The third-order valence-electron chi connectivity index (χ3n) is 4.57. The maximum absolute atomic E-state index is 12.4. The van der Waals surface area contributed by atoms with E-state index in [1.165, 1.54) is 11.8 Å². The van der Waals surface area contributed by atoms with E-state index in [2.05, 4.69) is 12.2 Å². The van der Waals surface area contributed by atoms with Gasteiger partial charge in [0.15, 0.2) is 0 Å². The molecule has 0 unspecified atom stereocenters. The van der Waals surface area contributed by atoms with Gasteiger partial charge in [-0.05, 0) is 36.5 Å². The molecule has 122 valence electrons. The molecule has 1 aromatic carbocycles. The second-order valence-electron chi connectivity index (χ2n) is 6.16. The lowest BCUT2D eigenvalue weighted by Crippen LogP contribution is -2.32. The van der Waals surface area contributed by atoms with Gasteiger partial charge < -0.3 is 14.6 Å². The summed E-state index contributed by atoms with van der Waals surface area (Å²) in [5, 5.41) is 3.84. The zero-order valence-electron chi connectivity index (χ0n) is 13.6.